The molecule has 0 saturated carbocycles. The normalized spacial score (nSPS) is 43.3. The molecule has 0 spiro atoms. The van der Waals surface area contributed by atoms with Crippen LogP contribution in [-0.4, -0.2) is 85.3 Å². The molecule has 1 heterocycles. The quantitative estimate of drug-likeness (QED) is 0.260. The molecule has 1 rings (SSSR count). The van der Waals surface area contributed by atoms with Crippen LogP contribution < -0.4 is 0 Å². The standard InChI is InChI=1S/C8H16O8/c9-1-3(11)4(12)6-5(13)7(14)8(15,2-10)16-6/h3-7,9-15H,1-2H2/t3-,4-,5-,6+,7+,8+/m1/s1. The van der Waals surface area contributed by atoms with Crippen LogP contribution in [-0.2, 0) is 4.74 Å². The maximum absolute atomic E-state index is 9.48. The predicted octanol–water partition coefficient (Wildman–Crippen LogP) is -4.50. The molecule has 0 aromatic rings. The van der Waals surface area contributed by atoms with E-state index in [1.54, 1.807) is 0 Å². The highest BCUT2D eigenvalue weighted by Gasteiger charge is 2.55. The molecular weight excluding hydrogens is 224 g/mol. The van der Waals surface area contributed by atoms with Gasteiger partial charge in [0.1, 0.15) is 30.5 Å². The fourth-order valence-electron chi connectivity index (χ4n) is 1.55. The topological polar surface area (TPSA) is 151 Å². The van der Waals surface area contributed by atoms with E-state index in [0.717, 1.165) is 0 Å². The first-order chi connectivity index (χ1) is 7.37. The Morgan fingerprint density at radius 3 is 2.12 bits per heavy atom. The average molecular weight is 240 g/mol. The maximum Gasteiger partial charge on any atom is 0.219 e. The minimum absolute atomic E-state index is 0.776. The molecule has 0 aromatic carbocycles. The van der Waals surface area contributed by atoms with E-state index in [0.29, 0.717) is 0 Å². The van der Waals surface area contributed by atoms with Gasteiger partial charge < -0.3 is 40.5 Å². The summed E-state index contributed by atoms with van der Waals surface area (Å²) < 4.78 is 4.69. The SMILES string of the molecule is OC[C@@H](O)[C@@H](O)[C@@H]1O[C@@](O)(CO)[C@@H](O)[C@@H]1O. The first-order valence-corrected chi connectivity index (χ1v) is 4.71. The Morgan fingerprint density at radius 1 is 1.19 bits per heavy atom. The fraction of sp³-hybridized carbons (Fsp3) is 1.00. The summed E-state index contributed by atoms with van der Waals surface area (Å²) in [5, 5.41) is 64.2. The molecule has 1 aliphatic rings. The second-order valence-electron chi connectivity index (χ2n) is 3.76. The maximum atomic E-state index is 9.48. The summed E-state index contributed by atoms with van der Waals surface area (Å²) in [5.41, 5.74) is 0. The Kier molecular flexibility index (Phi) is 4.21. The highest BCUT2D eigenvalue weighted by molar-refractivity contribution is 4.99. The molecule has 0 unspecified atom stereocenters. The lowest BCUT2D eigenvalue weighted by Gasteiger charge is -2.25. The first kappa shape index (κ1) is 13.7. The van der Waals surface area contributed by atoms with Crippen LogP contribution in [0.4, 0.5) is 0 Å². The summed E-state index contributed by atoms with van der Waals surface area (Å²) >= 11 is 0. The van der Waals surface area contributed by atoms with Crippen LogP contribution in [0.2, 0.25) is 0 Å². The Labute approximate surface area is 91.0 Å². The number of ether oxygens (including phenoxy) is 1. The fourth-order valence-corrected chi connectivity index (χ4v) is 1.55. The first-order valence-electron chi connectivity index (χ1n) is 4.71. The van der Waals surface area contributed by atoms with Crippen molar-refractivity contribution in [1.29, 1.82) is 0 Å². The molecular formula is C8H16O8. The van der Waals surface area contributed by atoms with Gasteiger partial charge in [0.05, 0.1) is 13.2 Å². The van der Waals surface area contributed by atoms with Crippen molar-refractivity contribution in [2.75, 3.05) is 13.2 Å². The zero-order chi connectivity index (χ0) is 12.5. The van der Waals surface area contributed by atoms with Gasteiger partial charge in [0.2, 0.25) is 5.79 Å². The molecule has 6 atom stereocenters. The molecule has 0 radical (unpaired) electrons. The number of aliphatic hydroxyl groups excluding tert-OH is 6. The molecule has 0 aromatic heterocycles. The molecule has 7 N–H and O–H groups in total. The van der Waals surface area contributed by atoms with Crippen LogP contribution in [0.5, 0.6) is 0 Å². The Hall–Kier alpha value is -0.320. The van der Waals surface area contributed by atoms with Crippen LogP contribution in [0.3, 0.4) is 0 Å². The molecule has 8 heteroatoms. The Morgan fingerprint density at radius 2 is 1.75 bits per heavy atom. The van der Waals surface area contributed by atoms with Crippen molar-refractivity contribution >= 4 is 0 Å². The largest absolute Gasteiger partial charge is 0.394 e. The molecule has 1 fully saturated rings. The summed E-state index contributed by atoms with van der Waals surface area (Å²) in [4.78, 5) is 0. The Balaban J connectivity index is 2.78. The smallest absolute Gasteiger partial charge is 0.219 e. The zero-order valence-corrected chi connectivity index (χ0v) is 8.34. The molecule has 0 aliphatic carbocycles. The van der Waals surface area contributed by atoms with E-state index in [1.165, 1.54) is 0 Å². The lowest BCUT2D eigenvalue weighted by molar-refractivity contribution is -0.257. The highest BCUT2D eigenvalue weighted by Crippen LogP contribution is 2.31. The number of hydrogen-bond acceptors (Lipinski definition) is 8. The van der Waals surface area contributed by atoms with Crippen molar-refractivity contribution in [3.8, 4) is 0 Å². The van der Waals surface area contributed by atoms with E-state index in [9.17, 15) is 20.4 Å². The summed E-state index contributed by atoms with van der Waals surface area (Å²) in [6.45, 7) is -1.76. The van der Waals surface area contributed by atoms with Crippen molar-refractivity contribution in [2.24, 2.45) is 0 Å². The van der Waals surface area contributed by atoms with Gasteiger partial charge in [0.15, 0.2) is 0 Å². The minimum Gasteiger partial charge on any atom is -0.394 e. The number of hydrogen-bond donors (Lipinski definition) is 7. The van der Waals surface area contributed by atoms with Gasteiger partial charge in [-0.3, -0.25) is 0 Å². The van der Waals surface area contributed by atoms with Crippen LogP contribution in [0.1, 0.15) is 0 Å². The third-order valence-corrected chi connectivity index (χ3v) is 2.61. The summed E-state index contributed by atoms with van der Waals surface area (Å²) in [6, 6.07) is 0. The van der Waals surface area contributed by atoms with Gasteiger partial charge in [-0.15, -0.1) is 0 Å². The highest BCUT2D eigenvalue weighted by atomic mass is 16.7. The summed E-state index contributed by atoms with van der Waals surface area (Å²) in [5.74, 6) is -2.39. The number of rotatable bonds is 4. The average Bonchev–Trinajstić information content (AvgIpc) is 2.52. The van der Waals surface area contributed by atoms with Crippen LogP contribution in [0, 0.1) is 0 Å². The summed E-state index contributed by atoms with van der Waals surface area (Å²) in [7, 11) is 0. The van der Waals surface area contributed by atoms with Crippen molar-refractivity contribution in [3.63, 3.8) is 0 Å². The van der Waals surface area contributed by atoms with Crippen molar-refractivity contribution < 1.29 is 40.5 Å². The second-order valence-corrected chi connectivity index (χ2v) is 3.76. The van der Waals surface area contributed by atoms with E-state index in [4.69, 9.17) is 20.1 Å². The van der Waals surface area contributed by atoms with Crippen LogP contribution in [0.15, 0.2) is 0 Å². The summed E-state index contributed by atoms with van der Waals surface area (Å²) in [6.07, 6.45) is -8.30. The predicted molar refractivity (Wildman–Crippen MR) is 48.0 cm³/mol. The molecule has 1 aliphatic heterocycles. The van der Waals surface area contributed by atoms with Crippen molar-refractivity contribution in [2.45, 2.75) is 36.3 Å². The van der Waals surface area contributed by atoms with Gasteiger partial charge in [-0.2, -0.15) is 0 Å². The number of aliphatic hydroxyl groups is 7. The Bertz CT molecular complexity index is 232. The molecule has 8 nitrogen and oxygen atoms in total. The van der Waals surface area contributed by atoms with E-state index >= 15 is 0 Å². The zero-order valence-electron chi connectivity index (χ0n) is 8.34. The van der Waals surface area contributed by atoms with Gasteiger partial charge in [-0.1, -0.05) is 0 Å². The molecule has 96 valence electrons. The van der Waals surface area contributed by atoms with Crippen molar-refractivity contribution in [3.05, 3.63) is 0 Å². The minimum atomic E-state index is -2.39. The van der Waals surface area contributed by atoms with E-state index in [1.807, 2.05) is 0 Å². The van der Waals surface area contributed by atoms with Crippen molar-refractivity contribution in [1.82, 2.24) is 0 Å². The van der Waals surface area contributed by atoms with E-state index in [-0.39, 0.29) is 0 Å². The lowest BCUT2D eigenvalue weighted by Crippen LogP contribution is -2.46. The molecule has 0 amide bonds. The third-order valence-electron chi connectivity index (χ3n) is 2.61. The van der Waals surface area contributed by atoms with Crippen LogP contribution in [0.25, 0.3) is 0 Å². The molecule has 16 heavy (non-hydrogen) atoms. The van der Waals surface area contributed by atoms with E-state index in [2.05, 4.69) is 0 Å². The van der Waals surface area contributed by atoms with Crippen LogP contribution >= 0.6 is 0 Å². The van der Waals surface area contributed by atoms with Gasteiger partial charge in [-0.25, -0.2) is 0 Å². The van der Waals surface area contributed by atoms with Gasteiger partial charge in [-0.05, 0) is 0 Å². The third kappa shape index (κ3) is 2.19. The molecule has 1 saturated heterocycles. The monoisotopic (exact) mass is 240 g/mol. The molecule has 0 bridgehead atoms. The van der Waals surface area contributed by atoms with Gasteiger partial charge >= 0.3 is 0 Å². The van der Waals surface area contributed by atoms with E-state index < -0.39 is 49.5 Å². The lowest BCUT2D eigenvalue weighted by atomic mass is 10.00. The van der Waals surface area contributed by atoms with Gasteiger partial charge in [0.25, 0.3) is 0 Å². The second kappa shape index (κ2) is 4.90. The van der Waals surface area contributed by atoms with Gasteiger partial charge in [0, 0.05) is 0 Å².